The third kappa shape index (κ3) is 2.63. The number of ether oxygens (including phenoxy) is 2. The number of esters is 1. The molecular formula is C16H18N2O3. The molecule has 1 aliphatic rings. The van der Waals surface area contributed by atoms with Crippen LogP contribution in [0.2, 0.25) is 0 Å². The number of methoxy groups -OCH3 is 1. The van der Waals surface area contributed by atoms with Gasteiger partial charge in [0.25, 0.3) is 0 Å². The fraction of sp³-hybridized carbons (Fsp3) is 0.375. The standard InChI is InChI=1S/C16H18N2O3/c1-11-17-10-14(16(19)20-2)18(11)7-5-12-3-4-15-13(9-12)6-8-21-15/h3-4,9-10H,5-8H2,1-2H3. The number of aryl methyl sites for hydroxylation is 2. The van der Waals surface area contributed by atoms with Crippen LogP contribution in [0, 0.1) is 6.92 Å². The Kier molecular flexibility index (Phi) is 3.64. The molecular weight excluding hydrogens is 268 g/mol. The molecule has 1 aromatic carbocycles. The number of benzene rings is 1. The van der Waals surface area contributed by atoms with Crippen molar-refractivity contribution in [2.24, 2.45) is 0 Å². The molecule has 5 heteroatoms. The van der Waals surface area contributed by atoms with E-state index in [9.17, 15) is 4.79 Å². The number of rotatable bonds is 4. The van der Waals surface area contributed by atoms with E-state index < -0.39 is 0 Å². The van der Waals surface area contributed by atoms with E-state index in [0.717, 1.165) is 31.0 Å². The minimum Gasteiger partial charge on any atom is -0.493 e. The number of carbonyl (C=O) groups excluding carboxylic acids is 1. The second-order valence-corrected chi connectivity index (χ2v) is 5.12. The summed E-state index contributed by atoms with van der Waals surface area (Å²) in [4.78, 5) is 15.9. The van der Waals surface area contributed by atoms with Crippen molar-refractivity contribution in [1.82, 2.24) is 9.55 Å². The Morgan fingerprint density at radius 1 is 1.48 bits per heavy atom. The summed E-state index contributed by atoms with van der Waals surface area (Å²) in [6, 6.07) is 6.29. The highest BCUT2D eigenvalue weighted by Crippen LogP contribution is 2.26. The predicted molar refractivity (Wildman–Crippen MR) is 77.6 cm³/mol. The quantitative estimate of drug-likeness (QED) is 0.808. The summed E-state index contributed by atoms with van der Waals surface area (Å²) in [5.74, 6) is 1.46. The lowest BCUT2D eigenvalue weighted by Crippen LogP contribution is -2.13. The fourth-order valence-electron chi connectivity index (χ4n) is 2.65. The molecule has 21 heavy (non-hydrogen) atoms. The highest BCUT2D eigenvalue weighted by Gasteiger charge is 2.16. The highest BCUT2D eigenvalue weighted by atomic mass is 16.5. The first-order chi connectivity index (χ1) is 10.2. The second kappa shape index (κ2) is 5.60. The lowest BCUT2D eigenvalue weighted by atomic mass is 10.1. The maximum Gasteiger partial charge on any atom is 0.356 e. The smallest absolute Gasteiger partial charge is 0.356 e. The number of fused-ring (bicyclic) bond motifs is 1. The Hall–Kier alpha value is -2.30. The Morgan fingerprint density at radius 3 is 3.14 bits per heavy atom. The van der Waals surface area contributed by atoms with E-state index in [4.69, 9.17) is 9.47 Å². The van der Waals surface area contributed by atoms with Gasteiger partial charge in [0.1, 0.15) is 17.3 Å². The molecule has 0 amide bonds. The summed E-state index contributed by atoms with van der Waals surface area (Å²) in [6.07, 6.45) is 3.38. The number of carbonyl (C=O) groups is 1. The lowest BCUT2D eigenvalue weighted by Gasteiger charge is -2.10. The molecule has 1 aromatic heterocycles. The maximum absolute atomic E-state index is 11.7. The van der Waals surface area contributed by atoms with Gasteiger partial charge in [-0.3, -0.25) is 0 Å². The monoisotopic (exact) mass is 286 g/mol. The summed E-state index contributed by atoms with van der Waals surface area (Å²) in [6.45, 7) is 3.37. The number of hydrogen-bond acceptors (Lipinski definition) is 4. The number of nitrogens with zero attached hydrogens (tertiary/aromatic N) is 2. The van der Waals surface area contributed by atoms with Gasteiger partial charge in [0, 0.05) is 13.0 Å². The highest BCUT2D eigenvalue weighted by molar-refractivity contribution is 5.87. The van der Waals surface area contributed by atoms with Crippen LogP contribution < -0.4 is 4.74 Å². The van der Waals surface area contributed by atoms with Crippen molar-refractivity contribution in [1.29, 1.82) is 0 Å². The van der Waals surface area contributed by atoms with Crippen LogP contribution in [0.3, 0.4) is 0 Å². The van der Waals surface area contributed by atoms with E-state index in [-0.39, 0.29) is 5.97 Å². The van der Waals surface area contributed by atoms with Crippen LogP contribution in [0.4, 0.5) is 0 Å². The van der Waals surface area contributed by atoms with E-state index >= 15 is 0 Å². The summed E-state index contributed by atoms with van der Waals surface area (Å²) in [5, 5.41) is 0. The predicted octanol–water partition coefficient (Wildman–Crippen LogP) is 2.16. The van der Waals surface area contributed by atoms with E-state index in [0.29, 0.717) is 12.2 Å². The van der Waals surface area contributed by atoms with E-state index in [1.807, 2.05) is 17.6 Å². The van der Waals surface area contributed by atoms with Gasteiger partial charge in [-0.15, -0.1) is 0 Å². The SMILES string of the molecule is COC(=O)c1cnc(C)n1CCc1ccc2c(c1)CCO2. The summed E-state index contributed by atoms with van der Waals surface area (Å²) in [7, 11) is 1.38. The van der Waals surface area contributed by atoms with Crippen LogP contribution in [0.1, 0.15) is 27.4 Å². The first-order valence-corrected chi connectivity index (χ1v) is 7.04. The van der Waals surface area contributed by atoms with Crippen LogP contribution >= 0.6 is 0 Å². The zero-order chi connectivity index (χ0) is 14.8. The molecule has 3 rings (SSSR count). The zero-order valence-corrected chi connectivity index (χ0v) is 12.3. The third-order valence-corrected chi connectivity index (χ3v) is 3.83. The molecule has 0 bridgehead atoms. The molecule has 0 saturated carbocycles. The van der Waals surface area contributed by atoms with Crippen LogP contribution in [0.5, 0.6) is 5.75 Å². The maximum atomic E-state index is 11.7. The molecule has 2 aromatic rings. The van der Waals surface area contributed by atoms with Gasteiger partial charge in [0.15, 0.2) is 0 Å². The van der Waals surface area contributed by atoms with E-state index in [1.54, 1.807) is 6.20 Å². The Balaban J connectivity index is 1.76. The summed E-state index contributed by atoms with van der Waals surface area (Å²) in [5.41, 5.74) is 3.01. The third-order valence-electron chi connectivity index (χ3n) is 3.83. The van der Waals surface area contributed by atoms with Gasteiger partial charge in [-0.25, -0.2) is 9.78 Å². The molecule has 0 radical (unpaired) electrons. The topological polar surface area (TPSA) is 53.3 Å². The van der Waals surface area contributed by atoms with Crippen LogP contribution in [0.15, 0.2) is 24.4 Å². The van der Waals surface area contributed by atoms with Crippen molar-refractivity contribution in [2.45, 2.75) is 26.3 Å². The molecule has 0 N–H and O–H groups in total. The minimum atomic E-state index is -0.349. The summed E-state index contributed by atoms with van der Waals surface area (Å²) < 4.78 is 12.2. The van der Waals surface area contributed by atoms with Crippen molar-refractivity contribution in [3.63, 3.8) is 0 Å². The normalized spacial score (nSPS) is 12.9. The van der Waals surface area contributed by atoms with Crippen molar-refractivity contribution in [3.05, 3.63) is 47.0 Å². The molecule has 0 atom stereocenters. The average Bonchev–Trinajstić information content (AvgIpc) is 3.10. The molecule has 110 valence electrons. The van der Waals surface area contributed by atoms with Crippen molar-refractivity contribution < 1.29 is 14.3 Å². The Labute approximate surface area is 123 Å². The van der Waals surface area contributed by atoms with Gasteiger partial charge in [0.2, 0.25) is 0 Å². The fourth-order valence-corrected chi connectivity index (χ4v) is 2.65. The summed E-state index contributed by atoms with van der Waals surface area (Å²) >= 11 is 0. The molecule has 0 unspecified atom stereocenters. The lowest BCUT2D eigenvalue weighted by molar-refractivity contribution is 0.0588. The van der Waals surface area contributed by atoms with Crippen LogP contribution in [0.25, 0.3) is 0 Å². The van der Waals surface area contributed by atoms with Gasteiger partial charge >= 0.3 is 5.97 Å². The largest absolute Gasteiger partial charge is 0.493 e. The van der Waals surface area contributed by atoms with Crippen molar-refractivity contribution in [2.75, 3.05) is 13.7 Å². The molecule has 0 spiro atoms. The van der Waals surface area contributed by atoms with Crippen molar-refractivity contribution in [3.8, 4) is 5.75 Å². The minimum absolute atomic E-state index is 0.349. The van der Waals surface area contributed by atoms with Gasteiger partial charge in [-0.2, -0.15) is 0 Å². The molecule has 0 fully saturated rings. The Bertz CT molecular complexity index is 676. The van der Waals surface area contributed by atoms with Gasteiger partial charge in [-0.1, -0.05) is 12.1 Å². The molecule has 2 heterocycles. The van der Waals surface area contributed by atoms with Crippen LogP contribution in [-0.4, -0.2) is 29.2 Å². The van der Waals surface area contributed by atoms with Gasteiger partial charge in [-0.05, 0) is 30.5 Å². The Morgan fingerprint density at radius 2 is 2.33 bits per heavy atom. The average molecular weight is 286 g/mol. The number of hydrogen-bond donors (Lipinski definition) is 0. The molecule has 5 nitrogen and oxygen atoms in total. The van der Waals surface area contributed by atoms with Gasteiger partial charge < -0.3 is 14.0 Å². The number of aromatic nitrogens is 2. The van der Waals surface area contributed by atoms with Gasteiger partial charge in [0.05, 0.1) is 19.9 Å². The number of imidazole rings is 1. The first kappa shape index (κ1) is 13.7. The molecule has 1 aliphatic heterocycles. The second-order valence-electron chi connectivity index (χ2n) is 5.12. The zero-order valence-electron chi connectivity index (χ0n) is 12.3. The van der Waals surface area contributed by atoms with E-state index in [2.05, 4.69) is 17.1 Å². The first-order valence-electron chi connectivity index (χ1n) is 7.04. The van der Waals surface area contributed by atoms with E-state index in [1.165, 1.54) is 18.2 Å². The molecule has 0 aliphatic carbocycles. The molecule has 0 saturated heterocycles. The van der Waals surface area contributed by atoms with Crippen molar-refractivity contribution >= 4 is 5.97 Å². The van der Waals surface area contributed by atoms with Crippen LogP contribution in [-0.2, 0) is 24.1 Å².